The Morgan fingerprint density at radius 2 is 1.94 bits per heavy atom. The van der Waals surface area contributed by atoms with Gasteiger partial charge in [0.25, 0.3) is 0 Å². The van der Waals surface area contributed by atoms with E-state index >= 15 is 0 Å². The Kier molecular flexibility index (Phi) is 6.86. The number of piperazine rings is 2. The first-order valence-corrected chi connectivity index (χ1v) is 12.1. The van der Waals surface area contributed by atoms with E-state index in [0.29, 0.717) is 37.8 Å². The highest BCUT2D eigenvalue weighted by Gasteiger charge is 2.45. The maximum Gasteiger partial charge on any atom is 0.248 e. The quantitative estimate of drug-likeness (QED) is 0.547. The highest BCUT2D eigenvalue weighted by molar-refractivity contribution is 6.30. The van der Waals surface area contributed by atoms with Gasteiger partial charge in [-0.3, -0.25) is 14.5 Å². The van der Waals surface area contributed by atoms with Gasteiger partial charge in [0.05, 0.1) is 24.6 Å². The Labute approximate surface area is 209 Å². The van der Waals surface area contributed by atoms with Gasteiger partial charge in [-0.05, 0) is 30.7 Å². The SMILES string of the molecule is C[C@@H](OCc1ccccc1)[C@@H]1NC(=O)[C@H]2CN(Cc3cnn(-c4cccc(Cl)c4)c3)CCN2C1=O. The number of hydrogen-bond acceptors (Lipinski definition) is 5. The number of rotatable bonds is 7. The van der Waals surface area contributed by atoms with Gasteiger partial charge in [-0.25, -0.2) is 4.68 Å². The fourth-order valence-corrected chi connectivity index (χ4v) is 4.82. The van der Waals surface area contributed by atoms with Crippen LogP contribution in [0.1, 0.15) is 18.1 Å². The molecule has 2 fully saturated rings. The van der Waals surface area contributed by atoms with Gasteiger partial charge in [0.1, 0.15) is 12.1 Å². The molecule has 0 unspecified atom stereocenters. The van der Waals surface area contributed by atoms with Crippen molar-refractivity contribution in [2.45, 2.75) is 38.3 Å². The standard InChI is InChI=1S/C26H28ClN5O3/c1-18(35-17-19-6-3-2-4-7-19)24-26(34)31-11-10-30(16-23(31)25(33)29-24)14-20-13-28-32(15-20)22-9-5-8-21(27)12-22/h2-9,12-13,15,18,23-24H,10-11,14,16-17H2,1H3,(H,29,33)/t18-,23-,24+/m1/s1. The molecule has 1 aromatic heterocycles. The molecule has 2 aliphatic rings. The number of amides is 2. The maximum absolute atomic E-state index is 13.2. The summed E-state index contributed by atoms with van der Waals surface area (Å²) in [5.74, 6) is -0.215. The molecular weight excluding hydrogens is 466 g/mol. The molecule has 5 rings (SSSR count). The zero-order chi connectivity index (χ0) is 24.4. The summed E-state index contributed by atoms with van der Waals surface area (Å²) >= 11 is 6.10. The van der Waals surface area contributed by atoms with E-state index in [1.165, 1.54) is 0 Å². The second kappa shape index (κ2) is 10.2. The van der Waals surface area contributed by atoms with Crippen LogP contribution in [0.15, 0.2) is 67.0 Å². The first kappa shape index (κ1) is 23.5. The summed E-state index contributed by atoms with van der Waals surface area (Å²) in [5.41, 5.74) is 2.95. The van der Waals surface area contributed by atoms with Crippen LogP contribution in [0.4, 0.5) is 0 Å². The number of carbonyl (C=O) groups excluding carboxylic acids is 2. The minimum absolute atomic E-state index is 0.0800. The Morgan fingerprint density at radius 3 is 2.74 bits per heavy atom. The summed E-state index contributed by atoms with van der Waals surface area (Å²) < 4.78 is 7.71. The van der Waals surface area contributed by atoms with Gasteiger partial charge >= 0.3 is 0 Å². The van der Waals surface area contributed by atoms with Gasteiger partial charge < -0.3 is 15.0 Å². The molecule has 0 saturated carbocycles. The van der Waals surface area contributed by atoms with Crippen LogP contribution < -0.4 is 5.32 Å². The summed E-state index contributed by atoms with van der Waals surface area (Å²) in [7, 11) is 0. The lowest BCUT2D eigenvalue weighted by Crippen LogP contribution is -2.71. The smallest absolute Gasteiger partial charge is 0.248 e. The third-order valence-electron chi connectivity index (χ3n) is 6.55. The van der Waals surface area contributed by atoms with Crippen molar-refractivity contribution in [3.63, 3.8) is 0 Å². The summed E-state index contributed by atoms with van der Waals surface area (Å²) in [5, 5.41) is 8.00. The largest absolute Gasteiger partial charge is 0.371 e. The third kappa shape index (κ3) is 5.24. The Balaban J connectivity index is 1.19. The van der Waals surface area contributed by atoms with Crippen molar-refractivity contribution < 1.29 is 14.3 Å². The molecule has 0 aliphatic carbocycles. The fourth-order valence-electron chi connectivity index (χ4n) is 4.64. The minimum atomic E-state index is -0.676. The molecule has 182 valence electrons. The van der Waals surface area contributed by atoms with Gasteiger partial charge in [-0.15, -0.1) is 0 Å². The summed E-state index contributed by atoms with van der Waals surface area (Å²) in [6.45, 7) is 4.53. The molecule has 0 spiro atoms. The molecule has 2 amide bonds. The number of carbonyl (C=O) groups is 2. The van der Waals surface area contributed by atoms with Crippen molar-refractivity contribution in [3.05, 3.63) is 83.1 Å². The first-order valence-electron chi connectivity index (χ1n) is 11.8. The molecule has 35 heavy (non-hydrogen) atoms. The lowest BCUT2D eigenvalue weighted by atomic mass is 10.0. The zero-order valence-corrected chi connectivity index (χ0v) is 20.3. The van der Waals surface area contributed by atoms with E-state index in [4.69, 9.17) is 16.3 Å². The summed E-state index contributed by atoms with van der Waals surface area (Å²) in [4.78, 5) is 30.1. The van der Waals surface area contributed by atoms with Crippen LogP contribution in [0.3, 0.4) is 0 Å². The average Bonchev–Trinajstić information content (AvgIpc) is 3.34. The first-order chi connectivity index (χ1) is 17.0. The molecular formula is C26H28ClN5O3. The van der Waals surface area contributed by atoms with E-state index in [0.717, 1.165) is 16.8 Å². The van der Waals surface area contributed by atoms with E-state index in [-0.39, 0.29) is 11.8 Å². The van der Waals surface area contributed by atoms with Gasteiger partial charge in [-0.2, -0.15) is 5.10 Å². The normalized spacial score (nSPS) is 21.5. The summed E-state index contributed by atoms with van der Waals surface area (Å²) in [6, 6.07) is 16.1. The van der Waals surface area contributed by atoms with E-state index in [9.17, 15) is 9.59 Å². The summed E-state index contributed by atoms with van der Waals surface area (Å²) in [6.07, 6.45) is 3.36. The van der Waals surface area contributed by atoms with Crippen LogP contribution >= 0.6 is 11.6 Å². The second-order valence-corrected chi connectivity index (χ2v) is 9.48. The monoisotopic (exact) mass is 493 g/mol. The number of fused-ring (bicyclic) bond motifs is 1. The van der Waals surface area contributed by atoms with Crippen LogP contribution in [0, 0.1) is 0 Å². The van der Waals surface area contributed by atoms with E-state index in [2.05, 4.69) is 15.3 Å². The Bertz CT molecular complexity index is 1200. The predicted octanol–water partition coefficient (Wildman–Crippen LogP) is 2.64. The molecule has 2 aliphatic heterocycles. The molecule has 0 radical (unpaired) electrons. The van der Waals surface area contributed by atoms with Crippen LogP contribution in [0.5, 0.6) is 0 Å². The molecule has 3 atom stereocenters. The van der Waals surface area contributed by atoms with Crippen molar-refractivity contribution in [1.29, 1.82) is 0 Å². The van der Waals surface area contributed by atoms with Gasteiger partial charge in [-0.1, -0.05) is 48.0 Å². The molecule has 2 aromatic carbocycles. The van der Waals surface area contributed by atoms with Crippen molar-refractivity contribution in [2.75, 3.05) is 19.6 Å². The van der Waals surface area contributed by atoms with Crippen LogP contribution in [0.2, 0.25) is 5.02 Å². The third-order valence-corrected chi connectivity index (χ3v) is 6.79. The van der Waals surface area contributed by atoms with Gasteiger partial charge in [0, 0.05) is 43.0 Å². The van der Waals surface area contributed by atoms with Gasteiger partial charge in [0.15, 0.2) is 0 Å². The molecule has 3 aromatic rings. The number of ether oxygens (including phenoxy) is 1. The lowest BCUT2D eigenvalue weighted by Gasteiger charge is -2.46. The van der Waals surface area contributed by atoms with E-state index in [1.54, 1.807) is 9.58 Å². The minimum Gasteiger partial charge on any atom is -0.371 e. The second-order valence-electron chi connectivity index (χ2n) is 9.04. The average molecular weight is 494 g/mol. The molecule has 9 heteroatoms. The molecule has 2 saturated heterocycles. The van der Waals surface area contributed by atoms with Crippen LogP contribution in [-0.2, 0) is 27.5 Å². The predicted molar refractivity (Wildman–Crippen MR) is 132 cm³/mol. The van der Waals surface area contributed by atoms with Crippen molar-refractivity contribution >= 4 is 23.4 Å². The number of nitrogens with zero attached hydrogens (tertiary/aromatic N) is 4. The molecule has 1 N–H and O–H groups in total. The highest BCUT2D eigenvalue weighted by atomic mass is 35.5. The van der Waals surface area contributed by atoms with Gasteiger partial charge in [0.2, 0.25) is 11.8 Å². The number of nitrogens with one attached hydrogen (secondary N) is 1. The van der Waals surface area contributed by atoms with Crippen LogP contribution in [-0.4, -0.2) is 69.2 Å². The van der Waals surface area contributed by atoms with Crippen molar-refractivity contribution in [3.8, 4) is 5.69 Å². The molecule has 3 heterocycles. The number of aromatic nitrogens is 2. The van der Waals surface area contributed by atoms with Crippen molar-refractivity contribution in [1.82, 2.24) is 24.9 Å². The number of hydrogen-bond donors (Lipinski definition) is 1. The Morgan fingerprint density at radius 1 is 1.11 bits per heavy atom. The maximum atomic E-state index is 13.2. The Hall–Kier alpha value is -3.20. The number of halogens is 1. The molecule has 0 bridgehead atoms. The zero-order valence-electron chi connectivity index (χ0n) is 19.5. The lowest BCUT2D eigenvalue weighted by molar-refractivity contribution is -0.157. The fraction of sp³-hybridized carbons (Fsp3) is 0.346. The van der Waals surface area contributed by atoms with Crippen LogP contribution in [0.25, 0.3) is 5.69 Å². The topological polar surface area (TPSA) is 79.7 Å². The van der Waals surface area contributed by atoms with E-state index in [1.807, 2.05) is 73.9 Å². The van der Waals surface area contributed by atoms with E-state index < -0.39 is 18.2 Å². The molecule has 8 nitrogen and oxygen atoms in total. The number of benzene rings is 2. The van der Waals surface area contributed by atoms with Crippen molar-refractivity contribution in [2.24, 2.45) is 0 Å². The highest BCUT2D eigenvalue weighted by Crippen LogP contribution is 2.21.